The molecule has 1 atom stereocenters. The summed E-state index contributed by atoms with van der Waals surface area (Å²) in [6.45, 7) is 3.48. The van der Waals surface area contributed by atoms with Gasteiger partial charge in [-0.05, 0) is 0 Å². The average Bonchev–Trinajstić information content (AvgIpc) is 2.96. The number of anilines is 2. The Hall–Kier alpha value is -3.60. The fourth-order valence-corrected chi connectivity index (χ4v) is 5.99. The number of guanidine groups is 1. The minimum absolute atomic E-state index is 0. The van der Waals surface area contributed by atoms with Crippen molar-refractivity contribution in [1.82, 2.24) is 4.90 Å². The number of piperazine rings is 1. The van der Waals surface area contributed by atoms with Crippen LogP contribution in [0.1, 0.15) is 21.3 Å². The van der Waals surface area contributed by atoms with Crippen LogP contribution in [0.25, 0.3) is 0 Å². The molecule has 1 saturated heterocycles. The number of halogens is 4. The van der Waals surface area contributed by atoms with Gasteiger partial charge in [0.05, 0.1) is 0 Å². The van der Waals surface area contributed by atoms with Gasteiger partial charge in [-0.25, -0.2) is 0 Å². The van der Waals surface area contributed by atoms with E-state index in [1.165, 1.54) is 19.2 Å². The maximum atomic E-state index is 14.9. The van der Waals surface area contributed by atoms with Gasteiger partial charge in [-0.3, -0.25) is 4.79 Å². The third-order valence-electron chi connectivity index (χ3n) is 7.03. The van der Waals surface area contributed by atoms with Gasteiger partial charge in [-0.2, -0.15) is 0 Å². The number of benzene rings is 3. The van der Waals surface area contributed by atoms with Gasteiger partial charge in [0.1, 0.15) is 0 Å². The molecule has 1 fully saturated rings. The van der Waals surface area contributed by atoms with Crippen LogP contribution in [0, 0.1) is 5.82 Å². The van der Waals surface area contributed by atoms with E-state index in [1.807, 2.05) is 29.2 Å². The molecule has 2 aliphatic heterocycles. The zero-order chi connectivity index (χ0) is 30.6. The molecule has 0 amide bonds. The maximum Gasteiger partial charge on any atom is -0.412 e. The summed E-state index contributed by atoms with van der Waals surface area (Å²) in [5.41, 5.74) is 1.37. The smallest absolute Gasteiger partial charge is 0.412 e. The molecule has 11 nitrogen and oxygen atoms in total. The molecule has 2 aliphatic rings. The van der Waals surface area contributed by atoms with E-state index in [4.69, 9.17) is 24.4 Å². The Kier molecular flexibility index (Phi) is 14.6. The Labute approximate surface area is 275 Å². The fourth-order valence-electron chi connectivity index (χ4n) is 5.02. The second kappa shape index (κ2) is 16.6. The normalized spacial score (nSPS) is 15.5. The number of hydrogen-bond donors (Lipinski definition) is 1. The summed E-state index contributed by atoms with van der Waals surface area (Å²) in [7, 11) is 3.05. The number of aliphatic imine (C=N–C) groups is 1. The molecule has 0 unspecified atom stereocenters. The van der Waals surface area contributed by atoms with Crippen molar-refractivity contribution in [3.8, 4) is 11.5 Å². The van der Waals surface area contributed by atoms with Crippen molar-refractivity contribution in [2.45, 2.75) is 16.4 Å². The molecular formula is C29H35F4N4NaO7. The first-order chi connectivity index (χ1) is 19.9. The van der Waals surface area contributed by atoms with E-state index < -0.39 is 23.5 Å². The summed E-state index contributed by atoms with van der Waals surface area (Å²) in [4.78, 5) is 19.7. The molecule has 0 aromatic heterocycles. The molecule has 242 valence electrons. The Bertz CT molecular complexity index is 1470. The average molecular weight is 651 g/mol. The number of aliphatic carboxylic acids is 1. The predicted molar refractivity (Wildman–Crippen MR) is 163 cm³/mol. The molecule has 7 N–H and O–H groups in total. The number of carboxylic acid groups (broad SMARTS) is 1. The van der Waals surface area contributed by atoms with Crippen molar-refractivity contribution < 1.29 is 53.4 Å². The molecule has 5 rings (SSSR count). The van der Waals surface area contributed by atoms with Gasteiger partial charge >= 0.3 is 237 Å². The van der Waals surface area contributed by atoms with E-state index >= 15 is 0 Å². The van der Waals surface area contributed by atoms with Crippen LogP contribution in [-0.4, -0.2) is 107 Å². The van der Waals surface area contributed by atoms with E-state index in [1.54, 1.807) is 24.1 Å². The van der Waals surface area contributed by atoms with E-state index in [0.29, 0.717) is 71.4 Å². The maximum absolute atomic E-state index is 14.9. The quantitative estimate of drug-likeness (QED) is 0.334. The van der Waals surface area contributed by atoms with Gasteiger partial charge in [0.2, 0.25) is 0 Å². The second-order valence-corrected chi connectivity index (χ2v) is 10.8. The number of rotatable bonds is 4. The molecular weight excluding hydrogens is 615 g/mol. The third kappa shape index (κ3) is 8.99. The molecule has 0 aliphatic carbocycles. The van der Waals surface area contributed by atoms with E-state index in [0.717, 1.165) is 30.5 Å². The number of nitrogens with zero attached hydrogens (tertiary/aromatic N) is 4. The van der Waals surface area contributed by atoms with Crippen molar-refractivity contribution in [3.05, 3.63) is 77.6 Å². The predicted octanol–water partition coefficient (Wildman–Crippen LogP) is 2.98. The van der Waals surface area contributed by atoms with Crippen LogP contribution in [0.3, 0.4) is 0 Å². The van der Waals surface area contributed by atoms with Crippen LogP contribution < -0.4 is 19.3 Å². The molecule has 0 spiro atoms. The Balaban J connectivity index is 0.00000137. The number of alkyl halides is 3. The first kappa shape index (κ1) is 39.4. The SMILES string of the molecule is CC(=O)O.COc1cccc(N2CCN(C3=Nc4c(F)cccc4[C@H]([Na])N3c3cc(C(F)(F)F)ccc3OC)CC2)c1.O.O.O. The molecule has 3 aromatic carbocycles. The van der Waals surface area contributed by atoms with Crippen molar-refractivity contribution in [2.24, 2.45) is 4.99 Å². The van der Waals surface area contributed by atoms with Crippen LogP contribution in [-0.2, 0) is 11.0 Å². The van der Waals surface area contributed by atoms with Crippen LogP contribution in [0.15, 0.2) is 65.7 Å². The number of carboxylic acids is 1. The number of methoxy groups -OCH3 is 2. The molecule has 16 heteroatoms. The summed E-state index contributed by atoms with van der Waals surface area (Å²) in [6, 6.07) is 16.0. The first-order valence-corrected chi connectivity index (χ1v) is 14.3. The molecule has 0 radical (unpaired) electrons. The van der Waals surface area contributed by atoms with Gasteiger partial charge in [0.15, 0.2) is 0 Å². The number of ether oxygens (including phenoxy) is 2. The van der Waals surface area contributed by atoms with Gasteiger partial charge in [-0.1, -0.05) is 0 Å². The molecule has 3 aromatic rings. The molecule has 0 saturated carbocycles. The van der Waals surface area contributed by atoms with Gasteiger partial charge in [0.25, 0.3) is 5.97 Å². The van der Waals surface area contributed by atoms with Gasteiger partial charge < -0.3 is 21.5 Å². The monoisotopic (exact) mass is 650 g/mol. The molecule has 2 heterocycles. The minimum atomic E-state index is -4.53. The summed E-state index contributed by atoms with van der Waals surface area (Å²) in [5, 5.41) is 7.42. The number of fused-ring (bicyclic) bond motifs is 1. The number of hydrogen-bond acceptors (Lipinski definition) is 7. The first-order valence-electron chi connectivity index (χ1n) is 13.2. The molecule has 0 bridgehead atoms. The topological polar surface area (TPSA) is 172 Å². The van der Waals surface area contributed by atoms with Gasteiger partial charge in [0, 0.05) is 6.92 Å². The number of para-hydroxylation sites is 1. The van der Waals surface area contributed by atoms with Crippen LogP contribution in [0.5, 0.6) is 11.5 Å². The standard InChI is InChI=1S/C27H25F4N4O2.C2H4O2.Na.3H2O/c1-36-21-7-4-6-20(16-21)33-11-13-34(14-12-33)26-32-25-18(5-3-8-22(25)28)17-35(26)23-15-19(27(29,30)31)9-10-24(23)37-2;1-2(3)4;;;;/h3-10,15-17H,11-14H2,1-2H3;1H3,(H,3,4);;3*1H2. The third-order valence-corrected chi connectivity index (χ3v) is 8.17. The van der Waals surface area contributed by atoms with Gasteiger partial charge in [-0.15, -0.1) is 0 Å². The second-order valence-electron chi connectivity index (χ2n) is 9.71. The Morgan fingerprint density at radius 1 is 0.933 bits per heavy atom. The van der Waals surface area contributed by atoms with Crippen LogP contribution >= 0.6 is 0 Å². The van der Waals surface area contributed by atoms with Crippen LogP contribution in [0.4, 0.5) is 34.6 Å². The Morgan fingerprint density at radius 3 is 2.11 bits per heavy atom. The molecule has 45 heavy (non-hydrogen) atoms. The fraction of sp³-hybridized carbons (Fsp3) is 0.310. The van der Waals surface area contributed by atoms with Crippen molar-refractivity contribution in [3.63, 3.8) is 0 Å². The summed E-state index contributed by atoms with van der Waals surface area (Å²) in [5.74, 6) is 0.189. The van der Waals surface area contributed by atoms with Crippen molar-refractivity contribution in [2.75, 3.05) is 50.2 Å². The van der Waals surface area contributed by atoms with E-state index in [9.17, 15) is 17.6 Å². The zero-order valence-electron chi connectivity index (χ0n) is 25.2. The van der Waals surface area contributed by atoms with Crippen molar-refractivity contribution >= 4 is 56.9 Å². The van der Waals surface area contributed by atoms with E-state index in [2.05, 4.69) is 4.90 Å². The number of carbonyl (C=O) groups is 1. The van der Waals surface area contributed by atoms with Crippen molar-refractivity contribution in [1.29, 1.82) is 0 Å². The van der Waals surface area contributed by atoms with E-state index in [-0.39, 0.29) is 31.1 Å². The summed E-state index contributed by atoms with van der Waals surface area (Å²) >= 11 is 0.505. The van der Waals surface area contributed by atoms with Crippen LogP contribution in [0.2, 0.25) is 0 Å². The largest absolute Gasteiger partial charge is 0.412 e. The minimum Gasteiger partial charge on any atom is -0.412 e. The Morgan fingerprint density at radius 2 is 1.53 bits per heavy atom. The summed E-state index contributed by atoms with van der Waals surface area (Å²) < 4.78 is 66.5. The zero-order valence-corrected chi connectivity index (χ0v) is 27.2. The summed E-state index contributed by atoms with van der Waals surface area (Å²) in [6.07, 6.45) is -4.53.